The first-order valence-corrected chi connectivity index (χ1v) is 16.1. The van der Waals surface area contributed by atoms with Crippen molar-refractivity contribution < 1.29 is 24.0 Å². The molecule has 2 fully saturated rings. The average Bonchev–Trinajstić information content (AvgIpc) is 3.85. The summed E-state index contributed by atoms with van der Waals surface area (Å²) >= 11 is 0. The number of aliphatic imine (C=N–C) groups is 1. The van der Waals surface area contributed by atoms with Gasteiger partial charge in [-0.15, -0.1) is 0 Å². The lowest BCUT2D eigenvalue weighted by atomic mass is 9.75. The number of hydrogen-bond acceptors (Lipinski definition) is 6. The fourth-order valence-electron chi connectivity index (χ4n) is 5.37. The molecule has 8 N–H and O–H groups in total. The van der Waals surface area contributed by atoms with Crippen LogP contribution in [-0.4, -0.2) is 65.6 Å². The lowest BCUT2D eigenvalue weighted by Crippen LogP contribution is -2.67. The van der Waals surface area contributed by atoms with Gasteiger partial charge >= 0.3 is 0 Å². The summed E-state index contributed by atoms with van der Waals surface area (Å²) in [5, 5.41) is 11.2. The normalized spacial score (nSPS) is 16.1. The molecule has 0 aromatic heterocycles. The van der Waals surface area contributed by atoms with Crippen molar-refractivity contribution in [2.24, 2.45) is 16.5 Å². The number of benzene rings is 2. The molecule has 2 atom stereocenters. The molecule has 2 aromatic rings. The van der Waals surface area contributed by atoms with E-state index in [-0.39, 0.29) is 37.3 Å². The number of guanidine groups is 1. The van der Waals surface area contributed by atoms with E-state index in [0.29, 0.717) is 44.9 Å². The van der Waals surface area contributed by atoms with E-state index in [9.17, 15) is 24.0 Å². The molecule has 12 heteroatoms. The molecule has 2 aliphatic carbocycles. The van der Waals surface area contributed by atoms with Crippen molar-refractivity contribution in [2.45, 2.75) is 94.3 Å². The molecule has 2 aliphatic rings. The Hall–Kier alpha value is -4.74. The van der Waals surface area contributed by atoms with Crippen LogP contribution in [0.4, 0.5) is 0 Å². The Kier molecular flexibility index (Phi) is 12.3. The van der Waals surface area contributed by atoms with Gasteiger partial charge in [0.25, 0.3) is 5.91 Å². The summed E-state index contributed by atoms with van der Waals surface area (Å²) in [7, 11) is 0. The maximum Gasteiger partial charge on any atom is 0.289 e. The first-order chi connectivity index (χ1) is 22.1. The Morgan fingerprint density at radius 2 is 1.46 bits per heavy atom. The molecule has 12 nitrogen and oxygen atoms in total. The number of ketones is 1. The molecule has 0 saturated heterocycles. The van der Waals surface area contributed by atoms with Crippen LogP contribution in [0.5, 0.6) is 0 Å². The summed E-state index contributed by atoms with van der Waals surface area (Å²) in [6.07, 6.45) is 5.13. The second-order valence-electron chi connectivity index (χ2n) is 12.1. The molecule has 0 radical (unpaired) electrons. The number of Topliss-reactive ketones (excluding diaryl/α,β-unsaturated/α-hetero) is 1. The van der Waals surface area contributed by atoms with Crippen LogP contribution < -0.4 is 32.7 Å². The van der Waals surface area contributed by atoms with Gasteiger partial charge in [-0.25, -0.2) is 0 Å². The van der Waals surface area contributed by atoms with Crippen molar-refractivity contribution in [3.05, 3.63) is 71.8 Å². The van der Waals surface area contributed by atoms with Gasteiger partial charge in [0.05, 0.1) is 6.04 Å². The zero-order valence-corrected chi connectivity index (χ0v) is 26.1. The summed E-state index contributed by atoms with van der Waals surface area (Å²) in [5.74, 6) is -2.87. The van der Waals surface area contributed by atoms with Crippen LogP contribution in [0.3, 0.4) is 0 Å². The maximum atomic E-state index is 13.7. The van der Waals surface area contributed by atoms with E-state index in [4.69, 9.17) is 11.5 Å². The third-order valence-electron chi connectivity index (χ3n) is 8.41. The highest BCUT2D eigenvalue weighted by molar-refractivity contribution is 6.38. The number of nitrogens with two attached hydrogens (primary N) is 2. The summed E-state index contributed by atoms with van der Waals surface area (Å²) in [6, 6.07) is 17.3. The van der Waals surface area contributed by atoms with Crippen LogP contribution in [0.15, 0.2) is 65.7 Å². The zero-order chi connectivity index (χ0) is 32.9. The van der Waals surface area contributed by atoms with Crippen LogP contribution in [0.2, 0.25) is 0 Å². The number of nitrogens with one attached hydrogen (secondary N) is 4. The van der Waals surface area contributed by atoms with E-state index < -0.39 is 41.1 Å². The summed E-state index contributed by atoms with van der Waals surface area (Å²) in [5.41, 5.74) is 11.6. The number of amides is 4. The molecular formula is C34H45N7O5. The molecule has 0 heterocycles. The lowest BCUT2D eigenvalue weighted by Gasteiger charge is -2.42. The zero-order valence-electron chi connectivity index (χ0n) is 26.1. The molecule has 0 spiro atoms. The van der Waals surface area contributed by atoms with Gasteiger partial charge in [-0.2, -0.15) is 0 Å². The van der Waals surface area contributed by atoms with Crippen molar-refractivity contribution in [2.75, 3.05) is 6.54 Å². The Morgan fingerprint density at radius 1 is 0.826 bits per heavy atom. The molecule has 0 aliphatic heterocycles. The van der Waals surface area contributed by atoms with Gasteiger partial charge in [0, 0.05) is 19.0 Å². The first kappa shape index (κ1) is 34.1. The van der Waals surface area contributed by atoms with Crippen molar-refractivity contribution in [3.8, 4) is 0 Å². The average molecular weight is 632 g/mol. The number of hydrogen-bond donors (Lipinski definition) is 6. The third-order valence-corrected chi connectivity index (χ3v) is 8.41. The van der Waals surface area contributed by atoms with Crippen molar-refractivity contribution in [3.63, 3.8) is 0 Å². The summed E-state index contributed by atoms with van der Waals surface area (Å²) < 4.78 is 0. The minimum atomic E-state index is -1.26. The van der Waals surface area contributed by atoms with Crippen LogP contribution in [0.1, 0.15) is 68.9 Å². The van der Waals surface area contributed by atoms with Gasteiger partial charge in [0.2, 0.25) is 23.5 Å². The Balaban J connectivity index is 1.43. The van der Waals surface area contributed by atoms with E-state index >= 15 is 0 Å². The van der Waals surface area contributed by atoms with E-state index in [2.05, 4.69) is 26.3 Å². The second kappa shape index (κ2) is 16.5. The monoisotopic (exact) mass is 631 g/mol. The van der Waals surface area contributed by atoms with E-state index in [1.54, 1.807) is 0 Å². The quantitative estimate of drug-likeness (QED) is 0.0614. The molecule has 4 rings (SSSR count). The van der Waals surface area contributed by atoms with Crippen molar-refractivity contribution in [1.29, 1.82) is 0 Å². The van der Waals surface area contributed by atoms with Crippen molar-refractivity contribution >= 4 is 35.4 Å². The summed E-state index contributed by atoms with van der Waals surface area (Å²) in [4.78, 5) is 70.1. The number of rotatable bonds is 18. The van der Waals surface area contributed by atoms with Gasteiger partial charge in [-0.05, 0) is 75.3 Å². The van der Waals surface area contributed by atoms with E-state index in [0.717, 1.165) is 24.0 Å². The molecule has 46 heavy (non-hydrogen) atoms. The molecule has 4 amide bonds. The minimum Gasteiger partial charge on any atom is -0.370 e. The highest BCUT2D eigenvalue weighted by Crippen LogP contribution is 2.32. The fraction of sp³-hybridized carbons (Fsp3) is 0.471. The smallest absolute Gasteiger partial charge is 0.289 e. The molecule has 0 bridgehead atoms. The van der Waals surface area contributed by atoms with Gasteiger partial charge in [-0.1, -0.05) is 60.7 Å². The molecule has 2 saturated carbocycles. The fourth-order valence-corrected chi connectivity index (χ4v) is 5.37. The SMILES string of the molecule is NC(N)=NCCC[C@H](NC(=O)C1(NC(=O)[C@H](CCc2ccccc2)NC(=O)CCc2ccccc2)CCC1)C(=O)C(=O)NC1CC1. The molecule has 2 aromatic carbocycles. The van der Waals surface area contributed by atoms with E-state index in [1.807, 2.05) is 60.7 Å². The second-order valence-corrected chi connectivity index (χ2v) is 12.1. The van der Waals surface area contributed by atoms with Crippen LogP contribution in [0.25, 0.3) is 0 Å². The largest absolute Gasteiger partial charge is 0.370 e. The minimum absolute atomic E-state index is 0.0255. The van der Waals surface area contributed by atoms with Gasteiger partial charge < -0.3 is 32.7 Å². The van der Waals surface area contributed by atoms with Gasteiger partial charge in [0.15, 0.2) is 5.96 Å². The van der Waals surface area contributed by atoms with Crippen LogP contribution >= 0.6 is 0 Å². The lowest BCUT2D eigenvalue weighted by molar-refractivity contribution is -0.143. The first-order valence-electron chi connectivity index (χ1n) is 16.1. The third kappa shape index (κ3) is 10.4. The van der Waals surface area contributed by atoms with Gasteiger partial charge in [-0.3, -0.25) is 29.0 Å². The van der Waals surface area contributed by atoms with Crippen LogP contribution in [0, 0.1) is 0 Å². The Morgan fingerprint density at radius 3 is 2.02 bits per heavy atom. The molecular weight excluding hydrogens is 586 g/mol. The number of carbonyl (C=O) groups is 5. The highest BCUT2D eigenvalue weighted by Gasteiger charge is 2.47. The molecule has 0 unspecified atom stereocenters. The predicted octanol–water partition coefficient (Wildman–Crippen LogP) is 1.16. The maximum absolute atomic E-state index is 13.7. The Labute approximate surface area is 269 Å². The summed E-state index contributed by atoms with van der Waals surface area (Å²) in [6.45, 7) is 0.223. The number of carbonyl (C=O) groups excluding carboxylic acids is 5. The van der Waals surface area contributed by atoms with Crippen LogP contribution in [-0.2, 0) is 36.8 Å². The number of aryl methyl sites for hydroxylation is 2. The highest BCUT2D eigenvalue weighted by atomic mass is 16.2. The standard InChI is InChI=1S/C34H45N7O5/c35-33(36)37-22-7-13-26(29(43)31(45)38-25-16-17-25)40-32(46)34(20-8-21-34)41-30(44)27(18-14-23-9-3-1-4-10-23)39-28(42)19-15-24-11-5-2-6-12-24/h1-6,9-12,25-27H,7-8,13-22H2,(H,38,45)(H,39,42)(H,40,46)(H,41,44)(H4,35,36,37)/t26-,27-/m0/s1. The van der Waals surface area contributed by atoms with Gasteiger partial charge in [0.1, 0.15) is 11.6 Å². The Bertz CT molecular complexity index is 1390. The predicted molar refractivity (Wildman–Crippen MR) is 174 cm³/mol. The topological polar surface area (TPSA) is 198 Å². The van der Waals surface area contributed by atoms with Crippen molar-refractivity contribution in [1.82, 2.24) is 21.3 Å². The molecule has 246 valence electrons. The van der Waals surface area contributed by atoms with E-state index in [1.165, 1.54) is 0 Å². The number of nitrogens with zero attached hydrogens (tertiary/aromatic N) is 1.